The Morgan fingerprint density at radius 1 is 1.16 bits per heavy atom. The molecule has 2 heterocycles. The van der Waals surface area contributed by atoms with Gasteiger partial charge in [-0.05, 0) is 62.8 Å². The molecule has 4 rings (SSSR count). The summed E-state index contributed by atoms with van der Waals surface area (Å²) in [4.78, 5) is 17.4. The van der Waals surface area contributed by atoms with Crippen molar-refractivity contribution in [2.24, 2.45) is 0 Å². The van der Waals surface area contributed by atoms with Crippen molar-refractivity contribution in [2.45, 2.75) is 25.3 Å². The molecule has 0 bridgehead atoms. The van der Waals surface area contributed by atoms with E-state index in [0.717, 1.165) is 25.2 Å². The van der Waals surface area contributed by atoms with Crippen molar-refractivity contribution in [1.29, 1.82) is 0 Å². The molecule has 5 heteroatoms. The van der Waals surface area contributed by atoms with E-state index in [0.29, 0.717) is 11.5 Å². The van der Waals surface area contributed by atoms with Crippen molar-refractivity contribution in [2.75, 3.05) is 25.0 Å². The number of hydrogen-bond acceptors (Lipinski definition) is 2. The zero-order chi connectivity index (χ0) is 16.8. The second-order valence-electron chi connectivity index (χ2n) is 6.97. The van der Waals surface area contributed by atoms with E-state index in [4.69, 9.17) is 0 Å². The maximum absolute atomic E-state index is 13.2. The van der Waals surface area contributed by atoms with E-state index >= 15 is 0 Å². The van der Waals surface area contributed by atoms with Gasteiger partial charge in [-0.2, -0.15) is 0 Å². The Kier molecular flexibility index (Phi) is 4.85. The molecule has 1 amide bonds. The zero-order valence-electron chi connectivity index (χ0n) is 14.4. The van der Waals surface area contributed by atoms with Crippen molar-refractivity contribution in [3.05, 3.63) is 65.0 Å². The molecule has 1 fully saturated rings. The molecule has 0 N–H and O–H groups in total. The summed E-state index contributed by atoms with van der Waals surface area (Å²) in [5.74, 6) is 0.00127. The summed E-state index contributed by atoms with van der Waals surface area (Å²) in [6.07, 6.45) is 0.960. The van der Waals surface area contributed by atoms with E-state index in [1.165, 1.54) is 23.3 Å². The van der Waals surface area contributed by atoms with Gasteiger partial charge in [-0.25, -0.2) is 4.39 Å². The number of fused-ring (bicyclic) bond motifs is 3. The summed E-state index contributed by atoms with van der Waals surface area (Å²) in [7, 11) is 2.14. The molecule has 2 aromatic rings. The van der Waals surface area contributed by atoms with Crippen LogP contribution < -0.4 is 4.90 Å². The topological polar surface area (TPSA) is 23.6 Å². The molecule has 0 unspecified atom stereocenters. The lowest BCUT2D eigenvalue weighted by Gasteiger charge is -2.36. The van der Waals surface area contributed by atoms with Crippen molar-refractivity contribution in [3.8, 4) is 0 Å². The van der Waals surface area contributed by atoms with Gasteiger partial charge in [-0.1, -0.05) is 17.7 Å². The fourth-order valence-corrected chi connectivity index (χ4v) is 4.08. The minimum absolute atomic E-state index is 0. The van der Waals surface area contributed by atoms with Crippen LogP contribution in [0.1, 0.15) is 33.8 Å². The highest BCUT2D eigenvalue weighted by molar-refractivity contribution is 6.08. The average molecular weight is 361 g/mol. The predicted molar refractivity (Wildman–Crippen MR) is 100 cm³/mol. The number of anilines is 1. The van der Waals surface area contributed by atoms with Crippen molar-refractivity contribution in [1.82, 2.24) is 4.90 Å². The predicted octanol–water partition coefficient (Wildman–Crippen LogP) is 4.00. The van der Waals surface area contributed by atoms with Crippen molar-refractivity contribution in [3.63, 3.8) is 0 Å². The Labute approximate surface area is 153 Å². The number of likely N-dealkylation sites (N-methyl/N-ethyl adjacent to an activating group) is 1. The van der Waals surface area contributed by atoms with Crippen LogP contribution >= 0.6 is 12.4 Å². The first-order valence-corrected chi connectivity index (χ1v) is 8.43. The van der Waals surface area contributed by atoms with Crippen LogP contribution in [0.4, 0.5) is 10.1 Å². The summed E-state index contributed by atoms with van der Waals surface area (Å²) in [5.41, 5.74) is 4.04. The van der Waals surface area contributed by atoms with E-state index in [2.05, 4.69) is 37.1 Å². The van der Waals surface area contributed by atoms with Gasteiger partial charge in [0.25, 0.3) is 5.91 Å². The lowest BCUT2D eigenvalue weighted by molar-refractivity contribution is 0.0964. The molecule has 0 spiro atoms. The number of nitrogens with zero attached hydrogens (tertiary/aromatic N) is 2. The fraction of sp³-hybridized carbons (Fsp3) is 0.350. The van der Waals surface area contributed by atoms with Crippen LogP contribution in [-0.2, 0) is 0 Å². The molecule has 3 nitrogen and oxygen atoms in total. The smallest absolute Gasteiger partial charge is 0.258 e. The summed E-state index contributed by atoms with van der Waals surface area (Å²) in [5, 5.41) is 0. The van der Waals surface area contributed by atoms with Crippen molar-refractivity contribution < 1.29 is 9.18 Å². The van der Waals surface area contributed by atoms with Gasteiger partial charge in [-0.3, -0.25) is 4.79 Å². The Morgan fingerprint density at radius 2 is 1.88 bits per heavy atom. The third kappa shape index (κ3) is 3.05. The molecular formula is C20H22ClFN2O. The average Bonchev–Trinajstić information content (AvgIpc) is 2.88. The van der Waals surface area contributed by atoms with Gasteiger partial charge >= 0.3 is 0 Å². The molecule has 1 saturated heterocycles. The highest BCUT2D eigenvalue weighted by Crippen LogP contribution is 2.45. The number of aryl methyl sites for hydroxylation is 1. The highest BCUT2D eigenvalue weighted by Gasteiger charge is 2.44. The number of rotatable bonds is 1. The SMILES string of the molecule is Cc1ccc2c(c1)[C@@H]1CN(C)CC[C@H]1N2C(=O)c1ccc(F)cc1.Cl. The first-order chi connectivity index (χ1) is 11.5. The van der Waals surface area contributed by atoms with Gasteiger partial charge in [0.1, 0.15) is 5.82 Å². The van der Waals surface area contributed by atoms with Crippen molar-refractivity contribution >= 4 is 24.0 Å². The molecule has 2 aliphatic rings. The number of likely N-dealkylation sites (tertiary alicyclic amines) is 1. The largest absolute Gasteiger partial charge is 0.306 e. The van der Waals surface area contributed by atoms with Crippen LogP contribution in [0.15, 0.2) is 42.5 Å². The van der Waals surface area contributed by atoms with Crippen LogP contribution in [0.25, 0.3) is 0 Å². The standard InChI is InChI=1S/C20H21FN2O.ClH/c1-13-3-8-18-16(11-13)17-12-22(2)10-9-19(17)23(18)20(24)14-4-6-15(21)7-5-14;/h3-8,11,17,19H,9-10,12H2,1-2H3;1H/t17-,19+;/m0./s1. The molecule has 0 saturated carbocycles. The third-order valence-corrected chi connectivity index (χ3v) is 5.26. The summed E-state index contributed by atoms with van der Waals surface area (Å²) in [6.45, 7) is 4.04. The summed E-state index contributed by atoms with van der Waals surface area (Å²) < 4.78 is 13.2. The molecule has 2 aromatic carbocycles. The monoisotopic (exact) mass is 360 g/mol. The van der Waals surface area contributed by atoms with Crippen LogP contribution in [-0.4, -0.2) is 37.0 Å². The second kappa shape index (κ2) is 6.77. The maximum Gasteiger partial charge on any atom is 0.258 e. The molecule has 0 aromatic heterocycles. The summed E-state index contributed by atoms with van der Waals surface area (Å²) in [6, 6.07) is 12.4. The molecule has 132 valence electrons. The number of carbonyl (C=O) groups is 1. The minimum atomic E-state index is -0.318. The Morgan fingerprint density at radius 3 is 2.60 bits per heavy atom. The molecule has 0 aliphatic carbocycles. The molecule has 2 atom stereocenters. The quantitative estimate of drug-likeness (QED) is 0.767. The molecular weight excluding hydrogens is 339 g/mol. The van der Waals surface area contributed by atoms with Crippen LogP contribution in [0.5, 0.6) is 0 Å². The van der Waals surface area contributed by atoms with Crippen LogP contribution in [0, 0.1) is 12.7 Å². The molecule has 25 heavy (non-hydrogen) atoms. The Bertz CT molecular complexity index is 793. The zero-order valence-corrected chi connectivity index (χ0v) is 15.2. The highest BCUT2D eigenvalue weighted by atomic mass is 35.5. The van der Waals surface area contributed by atoms with E-state index in [1.807, 2.05) is 4.90 Å². The molecule has 0 radical (unpaired) electrons. The summed E-state index contributed by atoms with van der Waals surface area (Å²) >= 11 is 0. The number of amides is 1. The van der Waals surface area contributed by atoms with Crippen LogP contribution in [0.3, 0.4) is 0 Å². The van der Waals surface area contributed by atoms with E-state index in [-0.39, 0.29) is 30.2 Å². The van der Waals surface area contributed by atoms with E-state index in [1.54, 1.807) is 12.1 Å². The maximum atomic E-state index is 13.2. The van der Waals surface area contributed by atoms with Gasteiger partial charge in [0, 0.05) is 29.8 Å². The van der Waals surface area contributed by atoms with Gasteiger partial charge in [-0.15, -0.1) is 12.4 Å². The number of piperidine rings is 1. The second-order valence-corrected chi connectivity index (χ2v) is 6.97. The van der Waals surface area contributed by atoms with Gasteiger partial charge in [0.2, 0.25) is 0 Å². The van der Waals surface area contributed by atoms with Gasteiger partial charge < -0.3 is 9.80 Å². The number of carbonyl (C=O) groups excluding carboxylic acids is 1. The Balaban J connectivity index is 0.00000182. The minimum Gasteiger partial charge on any atom is -0.306 e. The third-order valence-electron chi connectivity index (χ3n) is 5.26. The first-order valence-electron chi connectivity index (χ1n) is 8.43. The first kappa shape index (κ1) is 17.9. The normalized spacial score (nSPS) is 22.1. The van der Waals surface area contributed by atoms with Gasteiger partial charge in [0.05, 0.1) is 0 Å². The molecule has 2 aliphatic heterocycles. The fourth-order valence-electron chi connectivity index (χ4n) is 4.08. The number of hydrogen-bond donors (Lipinski definition) is 0. The number of halogens is 2. The Hall–Kier alpha value is -1.91. The van der Waals surface area contributed by atoms with E-state index in [9.17, 15) is 9.18 Å². The van der Waals surface area contributed by atoms with Crippen LogP contribution in [0.2, 0.25) is 0 Å². The lowest BCUT2D eigenvalue weighted by Crippen LogP contribution is -2.47. The number of benzene rings is 2. The lowest BCUT2D eigenvalue weighted by atomic mass is 9.88. The van der Waals surface area contributed by atoms with Gasteiger partial charge in [0.15, 0.2) is 0 Å². The van der Waals surface area contributed by atoms with E-state index < -0.39 is 0 Å².